The molecule has 5 nitrogen and oxygen atoms in total. The summed E-state index contributed by atoms with van der Waals surface area (Å²) in [6, 6.07) is 9.83. The lowest BCUT2D eigenvalue weighted by Gasteiger charge is -2.30. The van der Waals surface area contributed by atoms with Gasteiger partial charge in [-0.2, -0.15) is 0 Å². The molecule has 3 rings (SSSR count). The first-order chi connectivity index (χ1) is 9.75. The Hall–Kier alpha value is -2.30. The van der Waals surface area contributed by atoms with Gasteiger partial charge in [0.15, 0.2) is 0 Å². The molecule has 0 atom stereocenters. The molecule has 2 heterocycles. The van der Waals surface area contributed by atoms with Gasteiger partial charge >= 0.3 is 0 Å². The lowest BCUT2D eigenvalue weighted by atomic mass is 10.2. The summed E-state index contributed by atoms with van der Waals surface area (Å²) in [7, 11) is 0. The fraction of sp³-hybridized carbons (Fsp3) is 0.333. The third-order valence-corrected chi connectivity index (χ3v) is 3.62. The van der Waals surface area contributed by atoms with Crippen LogP contribution in [0.15, 0.2) is 36.5 Å². The smallest absolute Gasteiger partial charge is 0.286 e. The second-order valence-corrected chi connectivity index (χ2v) is 5.04. The highest BCUT2D eigenvalue weighted by atomic mass is 16.1. The third kappa shape index (κ3) is 2.39. The van der Waals surface area contributed by atoms with Crippen LogP contribution in [0, 0.1) is 0 Å². The molecule has 2 aromatic rings. The number of amides is 1. The average molecular weight is 270 g/mol. The van der Waals surface area contributed by atoms with Crippen LogP contribution >= 0.6 is 0 Å². The van der Waals surface area contributed by atoms with Gasteiger partial charge in [-0.05, 0) is 19.3 Å². The predicted molar refractivity (Wildman–Crippen MR) is 78.0 cm³/mol. The Bertz CT molecular complexity index is 600. The molecule has 5 heteroatoms. The molecule has 1 aromatic heterocycles. The quantitative estimate of drug-likeness (QED) is 0.924. The van der Waals surface area contributed by atoms with Crippen molar-refractivity contribution in [1.29, 1.82) is 0 Å². The number of carbonyl (C=O) groups excluding carboxylic acids is 1. The van der Waals surface area contributed by atoms with Crippen molar-refractivity contribution in [3.8, 4) is 11.3 Å². The average Bonchev–Trinajstić information content (AvgIpc) is 2.94. The zero-order valence-electron chi connectivity index (χ0n) is 11.3. The SMILES string of the molecule is NC(=O)c1nc(-c2ccccc2)cn1N1CCCCC1. The highest BCUT2D eigenvalue weighted by Crippen LogP contribution is 2.19. The Morgan fingerprint density at radius 2 is 1.80 bits per heavy atom. The predicted octanol–water partition coefficient (Wildman–Crippen LogP) is 1.77. The van der Waals surface area contributed by atoms with Gasteiger partial charge in [-0.15, -0.1) is 0 Å². The molecule has 0 radical (unpaired) electrons. The highest BCUT2D eigenvalue weighted by molar-refractivity contribution is 5.90. The van der Waals surface area contributed by atoms with Crippen LogP contribution in [0.3, 0.4) is 0 Å². The van der Waals surface area contributed by atoms with E-state index < -0.39 is 5.91 Å². The van der Waals surface area contributed by atoms with Gasteiger partial charge in [0.25, 0.3) is 5.91 Å². The molecule has 20 heavy (non-hydrogen) atoms. The van der Waals surface area contributed by atoms with Crippen molar-refractivity contribution in [3.05, 3.63) is 42.4 Å². The molecule has 0 saturated carbocycles. The van der Waals surface area contributed by atoms with Crippen LogP contribution in [0.5, 0.6) is 0 Å². The number of carbonyl (C=O) groups is 1. The number of imidazole rings is 1. The Morgan fingerprint density at radius 1 is 1.10 bits per heavy atom. The fourth-order valence-electron chi connectivity index (χ4n) is 2.60. The molecule has 0 aliphatic carbocycles. The van der Waals surface area contributed by atoms with Gasteiger partial charge in [-0.1, -0.05) is 30.3 Å². The fourth-order valence-corrected chi connectivity index (χ4v) is 2.60. The normalized spacial score (nSPS) is 15.3. The zero-order chi connectivity index (χ0) is 13.9. The van der Waals surface area contributed by atoms with E-state index in [1.54, 1.807) is 0 Å². The minimum absolute atomic E-state index is 0.311. The molecule has 1 fully saturated rings. The summed E-state index contributed by atoms with van der Waals surface area (Å²) in [5.41, 5.74) is 7.24. The van der Waals surface area contributed by atoms with Gasteiger partial charge in [-0.25, -0.2) is 9.66 Å². The van der Waals surface area contributed by atoms with E-state index in [0.29, 0.717) is 5.82 Å². The van der Waals surface area contributed by atoms with Gasteiger partial charge in [0, 0.05) is 18.7 Å². The monoisotopic (exact) mass is 270 g/mol. The molecule has 0 spiro atoms. The second kappa shape index (κ2) is 5.36. The number of rotatable bonds is 3. The molecule has 1 saturated heterocycles. The van der Waals surface area contributed by atoms with Crippen LogP contribution in [-0.4, -0.2) is 28.7 Å². The molecule has 2 N–H and O–H groups in total. The molecule has 0 unspecified atom stereocenters. The summed E-state index contributed by atoms with van der Waals surface area (Å²) in [6.07, 6.45) is 5.41. The van der Waals surface area contributed by atoms with E-state index in [2.05, 4.69) is 9.99 Å². The minimum Gasteiger partial charge on any atom is -0.363 e. The molecule has 104 valence electrons. The van der Waals surface area contributed by atoms with E-state index in [0.717, 1.165) is 37.2 Å². The summed E-state index contributed by atoms with van der Waals surface area (Å²) in [5, 5.41) is 2.14. The molecule has 1 aliphatic rings. The van der Waals surface area contributed by atoms with Gasteiger partial charge in [0.05, 0.1) is 11.9 Å². The van der Waals surface area contributed by atoms with E-state index in [1.807, 2.05) is 41.2 Å². The maximum Gasteiger partial charge on any atom is 0.286 e. The number of piperidine rings is 1. The molecule has 1 aromatic carbocycles. The van der Waals surface area contributed by atoms with Crippen molar-refractivity contribution >= 4 is 5.91 Å². The second-order valence-electron chi connectivity index (χ2n) is 5.04. The lowest BCUT2D eigenvalue weighted by Crippen LogP contribution is -2.41. The number of aromatic nitrogens is 2. The number of nitrogens with two attached hydrogens (primary N) is 1. The molecular weight excluding hydrogens is 252 g/mol. The summed E-state index contributed by atoms with van der Waals surface area (Å²) < 4.78 is 1.82. The largest absolute Gasteiger partial charge is 0.363 e. The van der Waals surface area contributed by atoms with E-state index in [9.17, 15) is 4.79 Å². The van der Waals surface area contributed by atoms with Crippen LogP contribution in [-0.2, 0) is 0 Å². The van der Waals surface area contributed by atoms with Crippen LogP contribution < -0.4 is 10.7 Å². The van der Waals surface area contributed by atoms with Crippen LogP contribution in [0.1, 0.15) is 29.9 Å². The summed E-state index contributed by atoms with van der Waals surface area (Å²) in [5.74, 6) is -0.177. The maximum absolute atomic E-state index is 11.6. The number of nitrogens with zero attached hydrogens (tertiary/aromatic N) is 3. The Kier molecular flexibility index (Phi) is 3.41. The summed E-state index contributed by atoms with van der Waals surface area (Å²) >= 11 is 0. The Morgan fingerprint density at radius 3 is 2.45 bits per heavy atom. The lowest BCUT2D eigenvalue weighted by molar-refractivity contribution is 0.0985. The van der Waals surface area contributed by atoms with E-state index in [4.69, 9.17) is 5.73 Å². The first-order valence-electron chi connectivity index (χ1n) is 6.95. The zero-order valence-corrected chi connectivity index (χ0v) is 11.3. The van der Waals surface area contributed by atoms with Crippen molar-refractivity contribution in [2.45, 2.75) is 19.3 Å². The van der Waals surface area contributed by atoms with Gasteiger partial charge in [0.2, 0.25) is 5.82 Å². The topological polar surface area (TPSA) is 64.2 Å². The molecule has 1 amide bonds. The van der Waals surface area contributed by atoms with Crippen molar-refractivity contribution in [2.75, 3.05) is 18.1 Å². The van der Waals surface area contributed by atoms with Crippen molar-refractivity contribution in [3.63, 3.8) is 0 Å². The summed E-state index contributed by atoms with van der Waals surface area (Å²) in [6.45, 7) is 1.87. The van der Waals surface area contributed by atoms with E-state index >= 15 is 0 Å². The van der Waals surface area contributed by atoms with Gasteiger partial charge in [-0.3, -0.25) is 4.79 Å². The maximum atomic E-state index is 11.6. The Labute approximate surface area is 118 Å². The molecule has 1 aliphatic heterocycles. The minimum atomic E-state index is -0.488. The number of hydrogen-bond donors (Lipinski definition) is 1. The number of benzene rings is 1. The molecular formula is C15H18N4O. The highest BCUT2D eigenvalue weighted by Gasteiger charge is 2.19. The van der Waals surface area contributed by atoms with Crippen molar-refractivity contribution in [1.82, 2.24) is 9.66 Å². The van der Waals surface area contributed by atoms with E-state index in [1.165, 1.54) is 6.42 Å². The van der Waals surface area contributed by atoms with Crippen LogP contribution in [0.2, 0.25) is 0 Å². The van der Waals surface area contributed by atoms with Crippen molar-refractivity contribution < 1.29 is 4.79 Å². The van der Waals surface area contributed by atoms with Crippen LogP contribution in [0.25, 0.3) is 11.3 Å². The molecule has 0 bridgehead atoms. The standard InChI is InChI=1S/C15H18N4O/c16-14(20)15-17-13(12-7-3-1-4-8-12)11-19(15)18-9-5-2-6-10-18/h1,3-4,7-8,11H,2,5-6,9-10H2,(H2,16,20). The van der Waals surface area contributed by atoms with Gasteiger partial charge in [0.1, 0.15) is 0 Å². The van der Waals surface area contributed by atoms with Crippen molar-refractivity contribution in [2.24, 2.45) is 5.73 Å². The van der Waals surface area contributed by atoms with E-state index in [-0.39, 0.29) is 0 Å². The van der Waals surface area contributed by atoms with Gasteiger partial charge < -0.3 is 10.7 Å². The third-order valence-electron chi connectivity index (χ3n) is 3.62. The first kappa shape index (κ1) is 12.7. The number of hydrogen-bond acceptors (Lipinski definition) is 3. The summed E-state index contributed by atoms with van der Waals surface area (Å²) in [4.78, 5) is 16.0. The Balaban J connectivity index is 2.00. The first-order valence-corrected chi connectivity index (χ1v) is 6.95. The van der Waals surface area contributed by atoms with Crippen LogP contribution in [0.4, 0.5) is 0 Å². The number of primary amides is 1.